The van der Waals surface area contributed by atoms with Crippen LogP contribution in [0.25, 0.3) is 0 Å². The molecule has 0 heterocycles. The molecule has 0 saturated carbocycles. The van der Waals surface area contributed by atoms with Gasteiger partial charge in [0, 0.05) is 18.8 Å². The normalized spacial score (nSPS) is 12.2. The van der Waals surface area contributed by atoms with Gasteiger partial charge in [0.1, 0.15) is 10.8 Å². The quantitative estimate of drug-likeness (QED) is 0.781. The van der Waals surface area contributed by atoms with Crippen LogP contribution in [-0.4, -0.2) is 29.8 Å². The van der Waals surface area contributed by atoms with Gasteiger partial charge in [-0.25, -0.2) is 4.39 Å². The third kappa shape index (κ3) is 2.48. The molecule has 0 aliphatic rings. The van der Waals surface area contributed by atoms with Crippen LogP contribution in [0, 0.1) is 5.82 Å². The molecule has 0 aliphatic heterocycles. The van der Waals surface area contributed by atoms with Gasteiger partial charge in [-0.3, -0.25) is 0 Å². The third-order valence-corrected chi connectivity index (χ3v) is 2.75. The Bertz CT molecular complexity index is 398. The molecule has 0 aromatic heterocycles. The van der Waals surface area contributed by atoms with Gasteiger partial charge < -0.3 is 15.7 Å². The lowest BCUT2D eigenvalue weighted by Gasteiger charge is -2.27. The van der Waals surface area contributed by atoms with Gasteiger partial charge in [0.2, 0.25) is 0 Å². The highest BCUT2D eigenvalue weighted by Crippen LogP contribution is 2.23. The fourth-order valence-corrected chi connectivity index (χ4v) is 1.61. The van der Waals surface area contributed by atoms with Gasteiger partial charge in [-0.1, -0.05) is 18.3 Å². The number of thiocarbonyl (C=S) groups is 1. The Labute approximate surface area is 99.7 Å². The Kier molecular flexibility index (Phi) is 4.20. The van der Waals surface area contributed by atoms with E-state index in [0.29, 0.717) is 5.69 Å². The van der Waals surface area contributed by atoms with Crippen molar-refractivity contribution in [3.8, 4) is 0 Å². The Morgan fingerprint density at radius 1 is 1.62 bits per heavy atom. The minimum absolute atomic E-state index is 0.0186. The molecule has 0 amide bonds. The van der Waals surface area contributed by atoms with Crippen LogP contribution < -0.4 is 10.6 Å². The number of aliphatic hydroxyl groups is 1. The number of likely N-dealkylation sites (N-methyl/N-ethyl adjacent to an activating group) is 1. The van der Waals surface area contributed by atoms with E-state index in [1.807, 2.05) is 6.92 Å². The molecule has 1 unspecified atom stereocenters. The van der Waals surface area contributed by atoms with Gasteiger partial charge in [-0.15, -0.1) is 0 Å². The fourth-order valence-electron chi connectivity index (χ4n) is 1.41. The minimum atomic E-state index is -0.443. The molecular weight excluding hydrogens is 227 g/mol. The van der Waals surface area contributed by atoms with E-state index >= 15 is 0 Å². The summed E-state index contributed by atoms with van der Waals surface area (Å²) in [5.74, 6) is -0.443. The Balaban J connectivity index is 3.22. The summed E-state index contributed by atoms with van der Waals surface area (Å²) in [6.07, 6.45) is 0. The van der Waals surface area contributed by atoms with Gasteiger partial charge in [0.25, 0.3) is 0 Å². The van der Waals surface area contributed by atoms with Gasteiger partial charge in [-0.2, -0.15) is 0 Å². The van der Waals surface area contributed by atoms with Crippen LogP contribution in [-0.2, 0) is 0 Å². The monoisotopic (exact) mass is 242 g/mol. The molecule has 88 valence electrons. The van der Waals surface area contributed by atoms with E-state index in [2.05, 4.69) is 0 Å². The number of hydrogen-bond donors (Lipinski definition) is 2. The second-order valence-corrected chi connectivity index (χ2v) is 4.08. The summed E-state index contributed by atoms with van der Waals surface area (Å²) in [6, 6.07) is 4.50. The second kappa shape index (κ2) is 5.23. The molecule has 0 bridgehead atoms. The maximum atomic E-state index is 13.6. The molecule has 0 spiro atoms. The van der Waals surface area contributed by atoms with E-state index in [9.17, 15) is 4.39 Å². The molecule has 5 heteroatoms. The number of nitrogens with two attached hydrogens (primary N) is 1. The second-order valence-electron chi connectivity index (χ2n) is 3.64. The number of nitrogens with zero attached hydrogens (tertiary/aromatic N) is 1. The Morgan fingerprint density at radius 2 is 2.25 bits per heavy atom. The van der Waals surface area contributed by atoms with Gasteiger partial charge in [0.15, 0.2) is 0 Å². The van der Waals surface area contributed by atoms with E-state index < -0.39 is 5.82 Å². The first-order valence-electron chi connectivity index (χ1n) is 4.91. The SMILES string of the molecule is CC(CO)N(C)c1cccc(F)c1C(N)=S. The third-order valence-electron chi connectivity index (χ3n) is 2.54. The smallest absolute Gasteiger partial charge is 0.135 e. The molecule has 0 saturated heterocycles. The number of hydrogen-bond acceptors (Lipinski definition) is 3. The van der Waals surface area contributed by atoms with Crippen LogP contribution in [0.15, 0.2) is 18.2 Å². The Hall–Kier alpha value is -1.20. The number of halogens is 1. The highest BCUT2D eigenvalue weighted by atomic mass is 32.1. The predicted octanol–water partition coefficient (Wildman–Crippen LogP) is 1.28. The van der Waals surface area contributed by atoms with Crippen molar-refractivity contribution in [2.45, 2.75) is 13.0 Å². The molecule has 0 radical (unpaired) electrons. The van der Waals surface area contributed by atoms with Crippen molar-refractivity contribution >= 4 is 22.9 Å². The summed E-state index contributed by atoms with van der Waals surface area (Å²) in [6.45, 7) is 1.80. The van der Waals surface area contributed by atoms with Crippen molar-refractivity contribution in [1.29, 1.82) is 0 Å². The van der Waals surface area contributed by atoms with Crippen LogP contribution in [0.1, 0.15) is 12.5 Å². The predicted molar refractivity (Wildman–Crippen MR) is 67.2 cm³/mol. The van der Waals surface area contributed by atoms with Crippen molar-refractivity contribution < 1.29 is 9.50 Å². The highest BCUT2D eigenvalue weighted by Gasteiger charge is 2.17. The zero-order chi connectivity index (χ0) is 12.3. The summed E-state index contributed by atoms with van der Waals surface area (Å²) in [5, 5.41) is 9.07. The van der Waals surface area contributed by atoms with E-state index in [1.165, 1.54) is 6.07 Å². The van der Waals surface area contributed by atoms with Gasteiger partial charge >= 0.3 is 0 Å². The zero-order valence-corrected chi connectivity index (χ0v) is 10.1. The summed E-state index contributed by atoms with van der Waals surface area (Å²) in [5.41, 5.74) is 6.31. The maximum absolute atomic E-state index is 13.6. The molecule has 1 rings (SSSR count). The topological polar surface area (TPSA) is 49.5 Å². The molecule has 1 aromatic rings. The largest absolute Gasteiger partial charge is 0.394 e. The fraction of sp³-hybridized carbons (Fsp3) is 0.364. The van der Waals surface area contributed by atoms with E-state index in [4.69, 9.17) is 23.1 Å². The average Bonchev–Trinajstić information content (AvgIpc) is 2.26. The van der Waals surface area contributed by atoms with Crippen LogP contribution in [0.3, 0.4) is 0 Å². The van der Waals surface area contributed by atoms with Crippen LogP contribution in [0.5, 0.6) is 0 Å². The first-order chi connectivity index (χ1) is 7.49. The first-order valence-corrected chi connectivity index (χ1v) is 5.31. The summed E-state index contributed by atoms with van der Waals surface area (Å²) >= 11 is 4.83. The van der Waals surface area contributed by atoms with Crippen molar-refractivity contribution in [2.75, 3.05) is 18.6 Å². The minimum Gasteiger partial charge on any atom is -0.394 e. The number of anilines is 1. The van der Waals surface area contributed by atoms with Crippen molar-refractivity contribution in [3.05, 3.63) is 29.6 Å². The molecule has 0 fully saturated rings. The van der Waals surface area contributed by atoms with Crippen molar-refractivity contribution in [3.63, 3.8) is 0 Å². The summed E-state index contributed by atoms with van der Waals surface area (Å²) < 4.78 is 13.6. The van der Waals surface area contributed by atoms with Gasteiger partial charge in [0.05, 0.1) is 12.2 Å². The molecule has 16 heavy (non-hydrogen) atoms. The molecule has 0 aliphatic carbocycles. The lowest BCUT2D eigenvalue weighted by Crippen LogP contribution is -2.33. The first kappa shape index (κ1) is 12.9. The molecular formula is C11H15FN2OS. The van der Waals surface area contributed by atoms with E-state index in [1.54, 1.807) is 24.1 Å². The standard InChI is InChI=1S/C11H15FN2OS/c1-7(6-15)14(2)9-5-3-4-8(12)10(9)11(13)16/h3-5,7,15H,6H2,1-2H3,(H2,13,16). The van der Waals surface area contributed by atoms with Crippen LogP contribution in [0.2, 0.25) is 0 Å². The molecule has 1 atom stereocenters. The lowest BCUT2D eigenvalue weighted by molar-refractivity contribution is 0.270. The number of rotatable bonds is 4. The van der Waals surface area contributed by atoms with E-state index in [-0.39, 0.29) is 23.2 Å². The average molecular weight is 242 g/mol. The van der Waals surface area contributed by atoms with Gasteiger partial charge in [-0.05, 0) is 19.1 Å². The summed E-state index contributed by atoms with van der Waals surface area (Å²) in [4.78, 5) is 1.77. The van der Waals surface area contributed by atoms with Crippen molar-refractivity contribution in [2.24, 2.45) is 5.73 Å². The lowest BCUT2D eigenvalue weighted by atomic mass is 10.1. The molecule has 3 N–H and O–H groups in total. The number of aliphatic hydroxyl groups excluding tert-OH is 1. The molecule has 1 aromatic carbocycles. The maximum Gasteiger partial charge on any atom is 0.135 e. The van der Waals surface area contributed by atoms with Crippen LogP contribution >= 0.6 is 12.2 Å². The van der Waals surface area contributed by atoms with Crippen LogP contribution in [0.4, 0.5) is 10.1 Å². The Morgan fingerprint density at radius 3 is 2.75 bits per heavy atom. The molecule has 3 nitrogen and oxygen atoms in total. The number of benzene rings is 1. The zero-order valence-electron chi connectivity index (χ0n) is 9.27. The van der Waals surface area contributed by atoms with Crippen molar-refractivity contribution in [1.82, 2.24) is 0 Å². The highest BCUT2D eigenvalue weighted by molar-refractivity contribution is 7.80. The summed E-state index contributed by atoms with van der Waals surface area (Å²) in [7, 11) is 1.76. The van der Waals surface area contributed by atoms with E-state index in [0.717, 1.165) is 0 Å².